The number of carbonyl (C=O) groups is 3. The van der Waals surface area contributed by atoms with Crippen LogP contribution in [0, 0.1) is 12.8 Å². The highest BCUT2D eigenvalue weighted by Crippen LogP contribution is 2.37. The van der Waals surface area contributed by atoms with Crippen molar-refractivity contribution in [2.24, 2.45) is 5.92 Å². The third-order valence-electron chi connectivity index (χ3n) is 6.33. The lowest BCUT2D eigenvalue weighted by atomic mass is 9.94. The molecule has 0 spiro atoms. The van der Waals surface area contributed by atoms with Crippen molar-refractivity contribution in [3.8, 4) is 11.5 Å². The minimum Gasteiger partial charge on any atom is -0.506 e. The predicted octanol–water partition coefficient (Wildman–Crippen LogP) is 3.35. The number of ether oxygens (including phenoxy) is 1. The average Bonchev–Trinajstić information content (AvgIpc) is 3.10. The number of para-hydroxylation sites is 2. The molecule has 8 nitrogen and oxygen atoms in total. The molecule has 174 valence electrons. The average molecular weight is 472 g/mol. The van der Waals surface area contributed by atoms with Crippen LogP contribution in [-0.4, -0.2) is 54.0 Å². The number of likely N-dealkylation sites (tertiary alicyclic amines) is 1. The number of methoxy groups -OCH3 is 1. The normalized spacial score (nSPS) is 19.7. The van der Waals surface area contributed by atoms with Crippen molar-refractivity contribution in [2.75, 3.05) is 30.4 Å². The zero-order chi connectivity index (χ0) is 23.7. The van der Waals surface area contributed by atoms with E-state index >= 15 is 0 Å². The van der Waals surface area contributed by atoms with E-state index in [0.29, 0.717) is 48.1 Å². The molecule has 3 amide bonds. The molecule has 1 atom stereocenters. The van der Waals surface area contributed by atoms with Crippen LogP contribution in [0.4, 0.5) is 11.4 Å². The zero-order valence-electron chi connectivity index (χ0n) is 18.5. The first kappa shape index (κ1) is 23.1. The summed E-state index contributed by atoms with van der Waals surface area (Å²) in [6.07, 6.45) is 1.19. The summed E-state index contributed by atoms with van der Waals surface area (Å²) < 4.78 is 5.36. The van der Waals surface area contributed by atoms with Gasteiger partial charge < -0.3 is 15.2 Å². The maximum atomic E-state index is 13.2. The Hall–Kier alpha value is -3.10. The number of anilines is 2. The molecule has 0 unspecified atom stereocenters. The number of benzene rings is 2. The van der Waals surface area contributed by atoms with E-state index in [1.807, 2.05) is 4.90 Å². The summed E-state index contributed by atoms with van der Waals surface area (Å²) in [6, 6.07) is 9.32. The molecule has 2 fully saturated rings. The van der Waals surface area contributed by atoms with Crippen molar-refractivity contribution in [3.05, 3.63) is 47.0 Å². The largest absolute Gasteiger partial charge is 0.506 e. The third-order valence-corrected chi connectivity index (χ3v) is 6.73. The second kappa shape index (κ2) is 9.41. The number of imide groups is 1. The van der Waals surface area contributed by atoms with Crippen LogP contribution in [0.15, 0.2) is 36.4 Å². The monoisotopic (exact) mass is 471 g/mol. The molecule has 0 radical (unpaired) electrons. The smallest absolute Gasteiger partial charge is 0.251 e. The summed E-state index contributed by atoms with van der Waals surface area (Å²) in [7, 11) is 1.47. The summed E-state index contributed by atoms with van der Waals surface area (Å²) in [4.78, 5) is 41.8. The van der Waals surface area contributed by atoms with E-state index in [1.54, 1.807) is 37.3 Å². The Morgan fingerprint density at radius 1 is 1.18 bits per heavy atom. The van der Waals surface area contributed by atoms with Gasteiger partial charge >= 0.3 is 0 Å². The van der Waals surface area contributed by atoms with Crippen LogP contribution in [0.5, 0.6) is 11.5 Å². The van der Waals surface area contributed by atoms with Crippen LogP contribution in [0.3, 0.4) is 0 Å². The second-order valence-corrected chi connectivity index (χ2v) is 8.78. The van der Waals surface area contributed by atoms with Crippen LogP contribution in [0.25, 0.3) is 0 Å². The number of rotatable bonds is 5. The minimum atomic E-state index is -0.569. The number of nitrogens with zero attached hydrogens (tertiary/aromatic N) is 2. The lowest BCUT2D eigenvalue weighted by Gasteiger charge is -2.34. The highest BCUT2D eigenvalue weighted by Gasteiger charge is 2.45. The van der Waals surface area contributed by atoms with Gasteiger partial charge in [0.05, 0.1) is 30.9 Å². The number of aryl methyl sites for hydroxylation is 1. The Kier molecular flexibility index (Phi) is 6.58. The Morgan fingerprint density at radius 3 is 2.55 bits per heavy atom. The zero-order valence-corrected chi connectivity index (χ0v) is 19.3. The van der Waals surface area contributed by atoms with Crippen LogP contribution >= 0.6 is 11.6 Å². The summed E-state index contributed by atoms with van der Waals surface area (Å²) in [6.45, 7) is 2.85. The number of piperidine rings is 1. The van der Waals surface area contributed by atoms with Crippen molar-refractivity contribution >= 4 is 40.7 Å². The fourth-order valence-corrected chi connectivity index (χ4v) is 4.58. The van der Waals surface area contributed by atoms with Gasteiger partial charge in [0.1, 0.15) is 11.5 Å². The number of hydrogen-bond acceptors (Lipinski definition) is 6. The maximum absolute atomic E-state index is 13.2. The summed E-state index contributed by atoms with van der Waals surface area (Å²) in [5, 5.41) is 13.1. The Bertz CT molecular complexity index is 1100. The van der Waals surface area contributed by atoms with Crippen LogP contribution in [0.1, 0.15) is 24.8 Å². The van der Waals surface area contributed by atoms with Gasteiger partial charge in [0.25, 0.3) is 5.91 Å². The lowest BCUT2D eigenvalue weighted by molar-refractivity contribution is -0.123. The number of amides is 3. The molecule has 0 aromatic heterocycles. The number of phenolic OH excluding ortho intramolecular Hbond substituents is 1. The molecule has 2 aromatic rings. The van der Waals surface area contributed by atoms with E-state index in [1.165, 1.54) is 18.1 Å². The number of aromatic hydroxyl groups is 1. The van der Waals surface area contributed by atoms with E-state index in [0.717, 1.165) is 5.56 Å². The maximum Gasteiger partial charge on any atom is 0.251 e. The summed E-state index contributed by atoms with van der Waals surface area (Å²) in [5.41, 5.74) is 1.52. The number of carbonyl (C=O) groups excluding carboxylic acids is 3. The molecule has 0 saturated carbocycles. The van der Waals surface area contributed by atoms with Gasteiger partial charge in [-0.1, -0.05) is 23.7 Å². The van der Waals surface area contributed by atoms with Gasteiger partial charge in [-0.05, 0) is 56.6 Å². The van der Waals surface area contributed by atoms with E-state index in [4.69, 9.17) is 16.3 Å². The molecule has 2 aliphatic heterocycles. The molecule has 4 rings (SSSR count). The van der Waals surface area contributed by atoms with E-state index in [-0.39, 0.29) is 35.8 Å². The molecule has 2 heterocycles. The number of halogens is 1. The molecule has 2 aromatic carbocycles. The van der Waals surface area contributed by atoms with Gasteiger partial charge in [0.2, 0.25) is 11.8 Å². The van der Waals surface area contributed by atoms with Crippen LogP contribution < -0.4 is 15.0 Å². The second-order valence-electron chi connectivity index (χ2n) is 8.38. The SMILES string of the molecule is COc1cc(Cl)c(C)cc1N1C(=O)C[C@@H](N2CCC(C(=O)Nc3ccccc3O)CC2)C1=O. The topological polar surface area (TPSA) is 99.2 Å². The predicted molar refractivity (Wildman–Crippen MR) is 125 cm³/mol. The first-order valence-electron chi connectivity index (χ1n) is 10.8. The summed E-state index contributed by atoms with van der Waals surface area (Å²) in [5.74, 6) is -0.587. The van der Waals surface area contributed by atoms with E-state index < -0.39 is 6.04 Å². The Morgan fingerprint density at radius 2 is 1.88 bits per heavy atom. The van der Waals surface area contributed by atoms with Gasteiger partial charge in [0.15, 0.2) is 0 Å². The lowest BCUT2D eigenvalue weighted by Crippen LogP contribution is -2.47. The molecule has 0 aliphatic carbocycles. The first-order valence-corrected chi connectivity index (χ1v) is 11.2. The van der Waals surface area contributed by atoms with Crippen molar-refractivity contribution in [3.63, 3.8) is 0 Å². The molecular formula is C24H26ClN3O5. The van der Waals surface area contributed by atoms with Crippen molar-refractivity contribution < 1.29 is 24.2 Å². The number of phenols is 1. The number of nitrogens with one attached hydrogen (secondary N) is 1. The molecule has 2 N–H and O–H groups in total. The minimum absolute atomic E-state index is 0.0197. The molecule has 2 aliphatic rings. The Balaban J connectivity index is 1.42. The van der Waals surface area contributed by atoms with Gasteiger partial charge in [0, 0.05) is 17.0 Å². The fourth-order valence-electron chi connectivity index (χ4n) is 4.43. The van der Waals surface area contributed by atoms with Gasteiger partial charge in [-0.2, -0.15) is 0 Å². The molecule has 0 bridgehead atoms. The fraction of sp³-hybridized carbons (Fsp3) is 0.375. The van der Waals surface area contributed by atoms with Gasteiger partial charge in [-0.25, -0.2) is 4.90 Å². The van der Waals surface area contributed by atoms with Crippen LogP contribution in [-0.2, 0) is 14.4 Å². The van der Waals surface area contributed by atoms with Crippen molar-refractivity contribution in [2.45, 2.75) is 32.2 Å². The molecule has 9 heteroatoms. The van der Waals surface area contributed by atoms with Crippen LogP contribution in [0.2, 0.25) is 5.02 Å². The molecule has 33 heavy (non-hydrogen) atoms. The van der Waals surface area contributed by atoms with E-state index in [9.17, 15) is 19.5 Å². The van der Waals surface area contributed by atoms with Crippen molar-refractivity contribution in [1.29, 1.82) is 0 Å². The highest BCUT2D eigenvalue weighted by molar-refractivity contribution is 6.32. The van der Waals surface area contributed by atoms with Gasteiger partial charge in [-0.3, -0.25) is 19.3 Å². The van der Waals surface area contributed by atoms with Crippen molar-refractivity contribution in [1.82, 2.24) is 4.90 Å². The summed E-state index contributed by atoms with van der Waals surface area (Å²) >= 11 is 6.17. The quantitative estimate of drug-likeness (QED) is 0.512. The third kappa shape index (κ3) is 4.54. The highest BCUT2D eigenvalue weighted by atomic mass is 35.5. The Labute approximate surface area is 197 Å². The standard InChI is InChI=1S/C24H26ClN3O5/c1-14-11-18(21(33-2)12-16(14)25)28-22(30)13-19(24(28)32)27-9-7-15(8-10-27)23(31)26-17-5-3-4-6-20(17)29/h3-6,11-12,15,19,29H,7-10,13H2,1-2H3,(H,26,31)/t19-/m1/s1. The number of hydrogen-bond donors (Lipinski definition) is 2. The molecule has 2 saturated heterocycles. The molecular weight excluding hydrogens is 446 g/mol. The van der Waals surface area contributed by atoms with E-state index in [2.05, 4.69) is 5.32 Å². The first-order chi connectivity index (χ1) is 15.8. The van der Waals surface area contributed by atoms with Gasteiger partial charge in [-0.15, -0.1) is 0 Å².